The average molecular weight is 358 g/mol. The molecule has 1 aromatic carbocycles. The Morgan fingerprint density at radius 3 is 2.64 bits per heavy atom. The maximum atomic E-state index is 6.29. The predicted molar refractivity (Wildman–Crippen MR) is 104 cm³/mol. The third-order valence-electron chi connectivity index (χ3n) is 5.01. The Kier molecular flexibility index (Phi) is 5.30. The molecule has 25 heavy (non-hydrogen) atoms. The summed E-state index contributed by atoms with van der Waals surface area (Å²) in [6, 6.07) is 12.4. The normalized spacial score (nSPS) is 16.4. The average Bonchev–Trinajstić information content (AvgIpc) is 3.06. The van der Waals surface area contributed by atoms with E-state index in [0.717, 1.165) is 54.9 Å². The standard InChI is InChI=1S/C20H23N3O.ClH/c1-20(8-11-21-12-9-20)14-24-17-7-10-22-19-18(17)16(13-23-19)15-5-3-2-4-6-15;/h2-7,10,13,21H,8-9,11-12,14H2,1H3,(H,22,23);1H. The lowest BCUT2D eigenvalue weighted by molar-refractivity contribution is 0.124. The van der Waals surface area contributed by atoms with E-state index in [9.17, 15) is 0 Å². The Bertz CT molecular complexity index is 825. The van der Waals surface area contributed by atoms with Crippen molar-refractivity contribution in [3.63, 3.8) is 0 Å². The molecule has 0 spiro atoms. The molecule has 5 heteroatoms. The molecule has 1 saturated heterocycles. The molecule has 2 N–H and O–H groups in total. The number of fused-ring (bicyclic) bond motifs is 1. The number of ether oxygens (including phenoxy) is 1. The van der Waals surface area contributed by atoms with Crippen LogP contribution in [-0.2, 0) is 0 Å². The van der Waals surface area contributed by atoms with Gasteiger partial charge in [-0.25, -0.2) is 4.98 Å². The third kappa shape index (κ3) is 3.65. The van der Waals surface area contributed by atoms with Crippen LogP contribution in [0.25, 0.3) is 22.2 Å². The van der Waals surface area contributed by atoms with E-state index in [1.54, 1.807) is 0 Å². The summed E-state index contributed by atoms with van der Waals surface area (Å²) in [5.41, 5.74) is 3.44. The zero-order chi connectivity index (χ0) is 16.4. The van der Waals surface area contributed by atoms with Crippen LogP contribution in [0.1, 0.15) is 19.8 Å². The molecule has 0 bridgehead atoms. The molecule has 4 rings (SSSR count). The van der Waals surface area contributed by atoms with E-state index >= 15 is 0 Å². The van der Waals surface area contributed by atoms with Crippen molar-refractivity contribution in [1.29, 1.82) is 0 Å². The molecule has 3 aromatic rings. The number of rotatable bonds is 4. The first-order valence-electron chi connectivity index (χ1n) is 8.60. The summed E-state index contributed by atoms with van der Waals surface area (Å²) >= 11 is 0. The largest absolute Gasteiger partial charge is 0.492 e. The summed E-state index contributed by atoms with van der Waals surface area (Å²) < 4.78 is 6.29. The second-order valence-corrected chi connectivity index (χ2v) is 6.95. The molecule has 0 aliphatic carbocycles. The van der Waals surface area contributed by atoms with Crippen molar-refractivity contribution in [2.45, 2.75) is 19.8 Å². The maximum Gasteiger partial charge on any atom is 0.141 e. The van der Waals surface area contributed by atoms with E-state index < -0.39 is 0 Å². The number of H-pyrrole nitrogens is 1. The fourth-order valence-corrected chi connectivity index (χ4v) is 3.42. The van der Waals surface area contributed by atoms with E-state index in [1.165, 1.54) is 5.56 Å². The van der Waals surface area contributed by atoms with Crippen LogP contribution in [-0.4, -0.2) is 29.7 Å². The first-order chi connectivity index (χ1) is 11.8. The SMILES string of the molecule is CC1(COc2ccnc3[nH]cc(-c4ccccc4)c23)CCNCC1.Cl. The van der Waals surface area contributed by atoms with Crippen LogP contribution in [0.3, 0.4) is 0 Å². The molecular weight excluding hydrogens is 334 g/mol. The minimum absolute atomic E-state index is 0. The summed E-state index contributed by atoms with van der Waals surface area (Å²) in [6.45, 7) is 5.21. The fourth-order valence-electron chi connectivity index (χ4n) is 3.42. The van der Waals surface area contributed by atoms with Gasteiger partial charge in [0.2, 0.25) is 0 Å². The molecule has 0 saturated carbocycles. The van der Waals surface area contributed by atoms with Crippen molar-refractivity contribution in [3.05, 3.63) is 48.8 Å². The number of hydrogen-bond donors (Lipinski definition) is 2. The minimum Gasteiger partial charge on any atom is -0.492 e. The molecule has 2 aromatic heterocycles. The number of pyridine rings is 1. The van der Waals surface area contributed by atoms with Crippen LogP contribution in [0.5, 0.6) is 5.75 Å². The summed E-state index contributed by atoms with van der Waals surface area (Å²) in [4.78, 5) is 7.73. The van der Waals surface area contributed by atoms with Crippen molar-refractivity contribution < 1.29 is 4.74 Å². The van der Waals surface area contributed by atoms with Gasteiger partial charge in [-0.15, -0.1) is 12.4 Å². The molecule has 0 amide bonds. The highest BCUT2D eigenvalue weighted by atomic mass is 35.5. The molecule has 132 valence electrons. The monoisotopic (exact) mass is 357 g/mol. The molecule has 0 radical (unpaired) electrons. The summed E-state index contributed by atoms with van der Waals surface area (Å²) in [7, 11) is 0. The topological polar surface area (TPSA) is 49.9 Å². The Hall–Kier alpha value is -2.04. The van der Waals surface area contributed by atoms with E-state index in [1.807, 2.05) is 24.5 Å². The van der Waals surface area contributed by atoms with Crippen LogP contribution in [0.15, 0.2) is 48.8 Å². The van der Waals surface area contributed by atoms with E-state index in [-0.39, 0.29) is 17.8 Å². The summed E-state index contributed by atoms with van der Waals surface area (Å²) in [6.07, 6.45) is 6.14. The molecular formula is C20H24ClN3O. The van der Waals surface area contributed by atoms with Gasteiger partial charge in [-0.2, -0.15) is 0 Å². The second kappa shape index (κ2) is 7.46. The first kappa shape index (κ1) is 17.8. The Labute approximate surface area is 154 Å². The highest BCUT2D eigenvalue weighted by Crippen LogP contribution is 2.36. The maximum absolute atomic E-state index is 6.29. The van der Waals surface area contributed by atoms with Crippen molar-refractivity contribution in [1.82, 2.24) is 15.3 Å². The first-order valence-corrected chi connectivity index (χ1v) is 8.60. The van der Waals surface area contributed by atoms with Crippen molar-refractivity contribution in [2.75, 3.05) is 19.7 Å². The van der Waals surface area contributed by atoms with Gasteiger partial charge in [0.25, 0.3) is 0 Å². The predicted octanol–water partition coefficient (Wildman–Crippen LogP) is 4.42. The number of nitrogens with zero attached hydrogens (tertiary/aromatic N) is 1. The van der Waals surface area contributed by atoms with Gasteiger partial charge in [-0.3, -0.25) is 0 Å². The smallest absolute Gasteiger partial charge is 0.141 e. The van der Waals surface area contributed by atoms with Crippen LogP contribution in [0, 0.1) is 5.41 Å². The molecule has 3 heterocycles. The molecule has 0 unspecified atom stereocenters. The lowest BCUT2D eigenvalue weighted by Crippen LogP contribution is -2.38. The van der Waals surface area contributed by atoms with Crippen molar-refractivity contribution in [2.24, 2.45) is 5.41 Å². The van der Waals surface area contributed by atoms with Crippen LogP contribution < -0.4 is 10.1 Å². The Morgan fingerprint density at radius 1 is 1.12 bits per heavy atom. The van der Waals surface area contributed by atoms with E-state index in [4.69, 9.17) is 4.74 Å². The van der Waals surface area contributed by atoms with Gasteiger partial charge >= 0.3 is 0 Å². The lowest BCUT2D eigenvalue weighted by atomic mass is 9.82. The zero-order valence-corrected chi connectivity index (χ0v) is 15.2. The van der Waals surface area contributed by atoms with Crippen molar-refractivity contribution >= 4 is 23.4 Å². The molecule has 0 atom stereocenters. The number of aromatic amines is 1. The molecule has 1 aliphatic rings. The van der Waals surface area contributed by atoms with Crippen LogP contribution in [0.2, 0.25) is 0 Å². The van der Waals surface area contributed by atoms with E-state index in [0.29, 0.717) is 0 Å². The van der Waals surface area contributed by atoms with Gasteiger partial charge in [0.15, 0.2) is 0 Å². The lowest BCUT2D eigenvalue weighted by Gasteiger charge is -2.33. The van der Waals surface area contributed by atoms with Gasteiger partial charge in [0.05, 0.1) is 12.0 Å². The van der Waals surface area contributed by atoms with Gasteiger partial charge in [-0.1, -0.05) is 37.3 Å². The summed E-state index contributed by atoms with van der Waals surface area (Å²) in [5, 5.41) is 4.49. The van der Waals surface area contributed by atoms with Gasteiger partial charge < -0.3 is 15.0 Å². The minimum atomic E-state index is 0. The van der Waals surface area contributed by atoms with Gasteiger partial charge in [0.1, 0.15) is 11.4 Å². The number of hydrogen-bond acceptors (Lipinski definition) is 3. The zero-order valence-electron chi connectivity index (χ0n) is 14.4. The van der Waals surface area contributed by atoms with Gasteiger partial charge in [0, 0.05) is 23.4 Å². The molecule has 1 fully saturated rings. The number of benzene rings is 1. The third-order valence-corrected chi connectivity index (χ3v) is 5.01. The number of aromatic nitrogens is 2. The Balaban J connectivity index is 0.00000182. The number of halogens is 1. The van der Waals surface area contributed by atoms with Crippen LogP contribution >= 0.6 is 12.4 Å². The summed E-state index contributed by atoms with van der Waals surface area (Å²) in [5.74, 6) is 0.917. The molecule has 1 aliphatic heterocycles. The van der Waals surface area contributed by atoms with Crippen molar-refractivity contribution in [3.8, 4) is 16.9 Å². The molecule has 4 nitrogen and oxygen atoms in total. The highest BCUT2D eigenvalue weighted by Gasteiger charge is 2.28. The van der Waals surface area contributed by atoms with Crippen LogP contribution in [0.4, 0.5) is 0 Å². The number of nitrogens with one attached hydrogen (secondary N) is 2. The number of piperidine rings is 1. The fraction of sp³-hybridized carbons (Fsp3) is 0.350. The Morgan fingerprint density at radius 2 is 1.88 bits per heavy atom. The van der Waals surface area contributed by atoms with Gasteiger partial charge in [-0.05, 0) is 37.6 Å². The second-order valence-electron chi connectivity index (χ2n) is 6.95. The highest BCUT2D eigenvalue weighted by molar-refractivity contribution is 5.98. The quantitative estimate of drug-likeness (QED) is 0.726. The van der Waals surface area contributed by atoms with E-state index in [2.05, 4.69) is 46.5 Å².